The summed E-state index contributed by atoms with van der Waals surface area (Å²) in [7, 11) is 0. The SMILES string of the molecule is NCc1ccc(C(=O)NC2CCN(CCc3ccccc3)CC2)cc1. The smallest absolute Gasteiger partial charge is 0.251 e. The third-order valence-electron chi connectivity index (χ3n) is 4.93. The van der Waals surface area contributed by atoms with E-state index >= 15 is 0 Å². The first kappa shape index (κ1) is 17.6. The molecule has 4 heteroatoms. The highest BCUT2D eigenvalue weighted by atomic mass is 16.1. The number of nitrogens with one attached hydrogen (secondary N) is 1. The topological polar surface area (TPSA) is 58.4 Å². The van der Waals surface area contributed by atoms with E-state index in [0.29, 0.717) is 12.1 Å². The predicted octanol–water partition coefficient (Wildman–Crippen LogP) is 2.58. The zero-order valence-corrected chi connectivity index (χ0v) is 14.7. The van der Waals surface area contributed by atoms with Gasteiger partial charge >= 0.3 is 0 Å². The molecule has 1 aliphatic rings. The summed E-state index contributed by atoms with van der Waals surface area (Å²) in [5, 5.41) is 3.17. The van der Waals surface area contributed by atoms with Gasteiger partial charge in [0.15, 0.2) is 0 Å². The molecule has 0 spiro atoms. The minimum atomic E-state index is 0.0197. The van der Waals surface area contributed by atoms with Gasteiger partial charge in [-0.3, -0.25) is 4.79 Å². The second-order valence-electron chi connectivity index (χ2n) is 6.73. The lowest BCUT2D eigenvalue weighted by molar-refractivity contribution is 0.0911. The van der Waals surface area contributed by atoms with Crippen molar-refractivity contribution < 1.29 is 4.79 Å². The van der Waals surface area contributed by atoms with Crippen molar-refractivity contribution in [1.29, 1.82) is 0 Å². The third-order valence-corrected chi connectivity index (χ3v) is 4.93. The summed E-state index contributed by atoms with van der Waals surface area (Å²) in [6, 6.07) is 18.4. The number of hydrogen-bond donors (Lipinski definition) is 2. The molecule has 4 nitrogen and oxygen atoms in total. The Kier molecular flexibility index (Phi) is 6.20. The summed E-state index contributed by atoms with van der Waals surface area (Å²) in [6.45, 7) is 3.68. The molecule has 2 aromatic rings. The first-order chi connectivity index (χ1) is 12.2. The van der Waals surface area contributed by atoms with Gasteiger partial charge in [-0.1, -0.05) is 42.5 Å². The van der Waals surface area contributed by atoms with Crippen LogP contribution < -0.4 is 11.1 Å². The quantitative estimate of drug-likeness (QED) is 0.852. The third kappa shape index (κ3) is 5.15. The van der Waals surface area contributed by atoms with Crippen LogP contribution in [0.1, 0.15) is 34.3 Å². The van der Waals surface area contributed by atoms with Gasteiger partial charge in [-0.15, -0.1) is 0 Å². The van der Waals surface area contributed by atoms with Crippen molar-refractivity contribution >= 4 is 5.91 Å². The second-order valence-corrected chi connectivity index (χ2v) is 6.73. The highest BCUT2D eigenvalue weighted by molar-refractivity contribution is 5.94. The number of benzene rings is 2. The first-order valence-corrected chi connectivity index (χ1v) is 9.11. The predicted molar refractivity (Wildman–Crippen MR) is 101 cm³/mol. The number of nitrogens with two attached hydrogens (primary N) is 1. The molecule has 25 heavy (non-hydrogen) atoms. The van der Waals surface area contributed by atoms with Crippen LogP contribution in [0.2, 0.25) is 0 Å². The van der Waals surface area contributed by atoms with E-state index in [0.717, 1.165) is 44.5 Å². The van der Waals surface area contributed by atoms with Crippen molar-refractivity contribution in [2.75, 3.05) is 19.6 Å². The van der Waals surface area contributed by atoms with E-state index in [2.05, 4.69) is 40.5 Å². The highest BCUT2D eigenvalue weighted by Gasteiger charge is 2.20. The maximum Gasteiger partial charge on any atom is 0.251 e. The maximum absolute atomic E-state index is 12.3. The van der Waals surface area contributed by atoms with Crippen LogP contribution in [0, 0.1) is 0 Å². The Morgan fingerprint density at radius 1 is 1.00 bits per heavy atom. The fourth-order valence-corrected chi connectivity index (χ4v) is 3.29. The van der Waals surface area contributed by atoms with Crippen LogP contribution in [0.4, 0.5) is 0 Å². The van der Waals surface area contributed by atoms with Crippen LogP contribution in [0.5, 0.6) is 0 Å². The maximum atomic E-state index is 12.3. The molecule has 0 unspecified atom stereocenters. The van der Waals surface area contributed by atoms with Crippen molar-refractivity contribution in [3.05, 3.63) is 71.3 Å². The molecule has 1 amide bonds. The normalized spacial score (nSPS) is 15.9. The van der Waals surface area contributed by atoms with Crippen LogP contribution >= 0.6 is 0 Å². The summed E-state index contributed by atoms with van der Waals surface area (Å²) in [6.07, 6.45) is 3.12. The molecule has 0 radical (unpaired) electrons. The van der Waals surface area contributed by atoms with Crippen molar-refractivity contribution in [2.24, 2.45) is 5.73 Å². The Morgan fingerprint density at radius 2 is 1.68 bits per heavy atom. The minimum absolute atomic E-state index is 0.0197. The molecule has 132 valence electrons. The summed E-state index contributed by atoms with van der Waals surface area (Å²) in [5.74, 6) is 0.0197. The summed E-state index contributed by atoms with van der Waals surface area (Å²) in [5.41, 5.74) is 8.74. The number of amides is 1. The number of piperidine rings is 1. The van der Waals surface area contributed by atoms with E-state index < -0.39 is 0 Å². The number of nitrogens with zero attached hydrogens (tertiary/aromatic N) is 1. The van der Waals surface area contributed by atoms with E-state index in [1.807, 2.05) is 24.3 Å². The van der Waals surface area contributed by atoms with Gasteiger partial charge in [0.2, 0.25) is 0 Å². The van der Waals surface area contributed by atoms with Crippen LogP contribution in [-0.4, -0.2) is 36.5 Å². The molecule has 0 bridgehead atoms. The lowest BCUT2D eigenvalue weighted by Gasteiger charge is -2.32. The van der Waals surface area contributed by atoms with E-state index in [1.165, 1.54) is 5.56 Å². The Morgan fingerprint density at radius 3 is 2.32 bits per heavy atom. The van der Waals surface area contributed by atoms with Crippen molar-refractivity contribution in [3.63, 3.8) is 0 Å². The van der Waals surface area contributed by atoms with Crippen LogP contribution in [-0.2, 0) is 13.0 Å². The van der Waals surface area contributed by atoms with Gasteiger partial charge in [-0.2, -0.15) is 0 Å². The van der Waals surface area contributed by atoms with E-state index in [9.17, 15) is 4.79 Å². The van der Waals surface area contributed by atoms with Crippen molar-refractivity contribution in [2.45, 2.75) is 31.8 Å². The average Bonchev–Trinajstić information content (AvgIpc) is 2.68. The molecular weight excluding hydrogens is 310 g/mol. The van der Waals surface area contributed by atoms with Crippen molar-refractivity contribution in [3.8, 4) is 0 Å². The van der Waals surface area contributed by atoms with E-state index in [1.54, 1.807) is 0 Å². The summed E-state index contributed by atoms with van der Waals surface area (Å²) in [4.78, 5) is 14.8. The molecule has 2 aromatic carbocycles. The first-order valence-electron chi connectivity index (χ1n) is 9.11. The lowest BCUT2D eigenvalue weighted by Crippen LogP contribution is -2.45. The lowest BCUT2D eigenvalue weighted by atomic mass is 10.0. The molecule has 1 aliphatic heterocycles. The Balaban J connectivity index is 1.41. The number of likely N-dealkylation sites (tertiary alicyclic amines) is 1. The van der Waals surface area contributed by atoms with Crippen LogP contribution in [0.15, 0.2) is 54.6 Å². The summed E-state index contributed by atoms with van der Waals surface area (Å²) >= 11 is 0. The molecule has 3 rings (SSSR count). The number of hydrogen-bond acceptors (Lipinski definition) is 3. The zero-order valence-electron chi connectivity index (χ0n) is 14.7. The molecule has 1 heterocycles. The molecule has 0 atom stereocenters. The fraction of sp³-hybridized carbons (Fsp3) is 0.381. The Bertz CT molecular complexity index is 661. The monoisotopic (exact) mass is 337 g/mol. The van der Waals surface area contributed by atoms with Gasteiger partial charge in [0, 0.05) is 37.8 Å². The van der Waals surface area contributed by atoms with Gasteiger partial charge in [-0.05, 0) is 42.5 Å². The zero-order chi connectivity index (χ0) is 17.5. The standard InChI is InChI=1S/C21H27N3O/c22-16-18-6-8-19(9-7-18)21(25)23-20-11-14-24(15-12-20)13-10-17-4-2-1-3-5-17/h1-9,20H,10-16,22H2,(H,23,25). The van der Waals surface area contributed by atoms with Crippen molar-refractivity contribution in [1.82, 2.24) is 10.2 Å². The average molecular weight is 337 g/mol. The molecule has 0 aliphatic carbocycles. The van der Waals surface area contributed by atoms with Gasteiger partial charge in [-0.25, -0.2) is 0 Å². The molecular formula is C21H27N3O. The molecule has 0 aromatic heterocycles. The number of carbonyl (C=O) groups is 1. The second kappa shape index (κ2) is 8.79. The van der Waals surface area contributed by atoms with E-state index in [-0.39, 0.29) is 11.9 Å². The fourth-order valence-electron chi connectivity index (χ4n) is 3.29. The number of carbonyl (C=O) groups excluding carboxylic acids is 1. The van der Waals surface area contributed by atoms with E-state index in [4.69, 9.17) is 5.73 Å². The van der Waals surface area contributed by atoms with Crippen LogP contribution in [0.3, 0.4) is 0 Å². The van der Waals surface area contributed by atoms with Gasteiger partial charge in [0.25, 0.3) is 5.91 Å². The van der Waals surface area contributed by atoms with Gasteiger partial charge < -0.3 is 16.0 Å². The largest absolute Gasteiger partial charge is 0.349 e. The highest BCUT2D eigenvalue weighted by Crippen LogP contribution is 2.13. The van der Waals surface area contributed by atoms with Gasteiger partial charge in [0.1, 0.15) is 0 Å². The number of rotatable bonds is 6. The molecule has 3 N–H and O–H groups in total. The Labute approximate surface area is 150 Å². The Hall–Kier alpha value is -2.17. The molecule has 0 saturated carbocycles. The van der Waals surface area contributed by atoms with Gasteiger partial charge in [0.05, 0.1) is 0 Å². The molecule has 1 fully saturated rings. The van der Waals surface area contributed by atoms with Crippen LogP contribution in [0.25, 0.3) is 0 Å². The summed E-state index contributed by atoms with van der Waals surface area (Å²) < 4.78 is 0. The molecule has 1 saturated heterocycles. The minimum Gasteiger partial charge on any atom is -0.349 e.